The number of carbonyl (C=O) groups is 1. The van der Waals surface area contributed by atoms with E-state index in [1.54, 1.807) is 0 Å². The van der Waals surface area contributed by atoms with Crippen LogP contribution in [0.5, 0.6) is 0 Å². The molecule has 136 valence electrons. The number of methoxy groups -OCH3 is 1. The molecule has 5 heteroatoms. The molecule has 1 aromatic carbocycles. The van der Waals surface area contributed by atoms with Gasteiger partial charge in [0.2, 0.25) is 0 Å². The summed E-state index contributed by atoms with van der Waals surface area (Å²) in [5.41, 5.74) is 3.55. The first-order chi connectivity index (χ1) is 12.8. The molecule has 3 aliphatic rings. The predicted molar refractivity (Wildman–Crippen MR) is 103 cm³/mol. The van der Waals surface area contributed by atoms with E-state index >= 15 is 0 Å². The van der Waals surface area contributed by atoms with Gasteiger partial charge in [0.1, 0.15) is 11.4 Å². The van der Waals surface area contributed by atoms with E-state index in [-0.39, 0.29) is 5.97 Å². The third-order valence-corrected chi connectivity index (χ3v) is 5.25. The number of amidine groups is 1. The van der Waals surface area contributed by atoms with Crippen molar-refractivity contribution in [1.29, 1.82) is 0 Å². The molecular weight excluding hydrogens is 326 g/mol. The molecule has 2 fully saturated rings. The van der Waals surface area contributed by atoms with Crippen LogP contribution in [0.25, 0.3) is 6.08 Å². The molecule has 0 spiro atoms. The van der Waals surface area contributed by atoms with Crippen molar-refractivity contribution in [3.05, 3.63) is 52.9 Å². The second-order valence-corrected chi connectivity index (χ2v) is 6.98. The lowest BCUT2D eigenvalue weighted by molar-refractivity contribution is -0.135. The number of carbonyl (C=O) groups excluding carboxylic acids is 1. The molecule has 0 saturated carbocycles. The second-order valence-electron chi connectivity index (χ2n) is 6.98. The van der Waals surface area contributed by atoms with Crippen molar-refractivity contribution in [3.8, 4) is 0 Å². The van der Waals surface area contributed by atoms with Crippen molar-refractivity contribution in [2.45, 2.75) is 25.7 Å². The van der Waals surface area contributed by atoms with Crippen LogP contribution in [0.15, 0.2) is 52.3 Å². The van der Waals surface area contributed by atoms with Crippen LogP contribution < -0.4 is 0 Å². The SMILES string of the molecule is COC(=O)C1=C(N2CCCC2)/C(=C/c2ccccc2)N=C1N1CCCC1. The molecule has 3 aliphatic heterocycles. The van der Waals surface area contributed by atoms with E-state index < -0.39 is 0 Å². The zero-order valence-electron chi connectivity index (χ0n) is 15.3. The van der Waals surface area contributed by atoms with Gasteiger partial charge in [-0.05, 0) is 37.3 Å². The van der Waals surface area contributed by atoms with Gasteiger partial charge in [0.05, 0.1) is 18.5 Å². The quantitative estimate of drug-likeness (QED) is 0.785. The molecule has 0 atom stereocenters. The van der Waals surface area contributed by atoms with Gasteiger partial charge in [-0.1, -0.05) is 30.3 Å². The zero-order valence-corrected chi connectivity index (χ0v) is 15.3. The highest BCUT2D eigenvalue weighted by atomic mass is 16.5. The Morgan fingerprint density at radius 2 is 1.62 bits per heavy atom. The molecule has 0 unspecified atom stereocenters. The minimum Gasteiger partial charge on any atom is -0.465 e. The summed E-state index contributed by atoms with van der Waals surface area (Å²) >= 11 is 0. The third kappa shape index (κ3) is 3.14. The molecule has 26 heavy (non-hydrogen) atoms. The molecular formula is C21H25N3O2. The first-order valence-electron chi connectivity index (χ1n) is 9.46. The van der Waals surface area contributed by atoms with Gasteiger partial charge in [0, 0.05) is 26.2 Å². The summed E-state index contributed by atoms with van der Waals surface area (Å²) in [6.45, 7) is 3.83. The highest BCUT2D eigenvalue weighted by Gasteiger charge is 2.37. The van der Waals surface area contributed by atoms with Crippen molar-refractivity contribution >= 4 is 17.9 Å². The average Bonchev–Trinajstić information content (AvgIpc) is 3.41. The van der Waals surface area contributed by atoms with Crippen LogP contribution in [0.1, 0.15) is 31.2 Å². The molecule has 0 radical (unpaired) electrons. The number of benzene rings is 1. The summed E-state index contributed by atoms with van der Waals surface area (Å²) in [6, 6.07) is 10.2. The molecule has 3 heterocycles. The number of likely N-dealkylation sites (tertiary alicyclic amines) is 2. The molecule has 5 nitrogen and oxygen atoms in total. The monoisotopic (exact) mass is 351 g/mol. The second kappa shape index (κ2) is 7.36. The summed E-state index contributed by atoms with van der Waals surface area (Å²) < 4.78 is 5.15. The minimum absolute atomic E-state index is 0.283. The summed E-state index contributed by atoms with van der Waals surface area (Å²) in [5.74, 6) is 0.507. The number of ether oxygens (including phenoxy) is 1. The molecule has 4 rings (SSSR count). The van der Waals surface area contributed by atoms with Crippen LogP contribution in [-0.4, -0.2) is 54.9 Å². The summed E-state index contributed by atoms with van der Waals surface area (Å²) in [4.78, 5) is 22.2. The van der Waals surface area contributed by atoms with Crippen LogP contribution in [-0.2, 0) is 9.53 Å². The van der Waals surface area contributed by atoms with Gasteiger partial charge in [0.15, 0.2) is 0 Å². The maximum absolute atomic E-state index is 12.7. The molecule has 0 aromatic heterocycles. The molecule has 0 N–H and O–H groups in total. The van der Waals surface area contributed by atoms with Gasteiger partial charge in [-0.25, -0.2) is 9.79 Å². The fraction of sp³-hybridized carbons (Fsp3) is 0.429. The van der Waals surface area contributed by atoms with Gasteiger partial charge in [0.25, 0.3) is 0 Å². The van der Waals surface area contributed by atoms with Gasteiger partial charge >= 0.3 is 5.97 Å². The van der Waals surface area contributed by atoms with Crippen LogP contribution in [0.2, 0.25) is 0 Å². The minimum atomic E-state index is -0.283. The Hall–Kier alpha value is -2.56. The van der Waals surface area contributed by atoms with Gasteiger partial charge in [-0.15, -0.1) is 0 Å². The van der Waals surface area contributed by atoms with E-state index in [1.165, 1.54) is 7.11 Å². The Labute approximate surface area is 154 Å². The lowest BCUT2D eigenvalue weighted by Gasteiger charge is -2.22. The van der Waals surface area contributed by atoms with E-state index in [9.17, 15) is 4.79 Å². The maximum Gasteiger partial charge on any atom is 0.343 e. The summed E-state index contributed by atoms with van der Waals surface area (Å²) in [7, 11) is 1.46. The molecule has 0 bridgehead atoms. The van der Waals surface area contributed by atoms with Crippen molar-refractivity contribution in [3.63, 3.8) is 0 Å². The van der Waals surface area contributed by atoms with E-state index in [0.29, 0.717) is 5.57 Å². The lowest BCUT2D eigenvalue weighted by atomic mass is 10.1. The average molecular weight is 351 g/mol. The van der Waals surface area contributed by atoms with Crippen molar-refractivity contribution in [2.24, 2.45) is 4.99 Å². The van der Waals surface area contributed by atoms with Crippen LogP contribution in [0.4, 0.5) is 0 Å². The molecule has 0 amide bonds. The van der Waals surface area contributed by atoms with Crippen molar-refractivity contribution in [2.75, 3.05) is 33.3 Å². The van der Waals surface area contributed by atoms with E-state index in [0.717, 1.165) is 74.7 Å². The van der Waals surface area contributed by atoms with Gasteiger partial charge in [-0.2, -0.15) is 0 Å². The Balaban J connectivity index is 1.83. The molecule has 1 aromatic rings. The number of rotatable bonds is 3. The molecule has 2 saturated heterocycles. The Morgan fingerprint density at radius 1 is 1.00 bits per heavy atom. The highest BCUT2D eigenvalue weighted by molar-refractivity contribution is 6.22. The number of hydrogen-bond acceptors (Lipinski definition) is 5. The predicted octanol–water partition coefficient (Wildman–Crippen LogP) is 3.06. The highest BCUT2D eigenvalue weighted by Crippen LogP contribution is 2.35. The van der Waals surface area contributed by atoms with Crippen LogP contribution >= 0.6 is 0 Å². The number of esters is 1. The van der Waals surface area contributed by atoms with E-state index in [4.69, 9.17) is 9.73 Å². The summed E-state index contributed by atoms with van der Waals surface area (Å²) in [6.07, 6.45) is 6.67. The largest absolute Gasteiger partial charge is 0.465 e. The van der Waals surface area contributed by atoms with Crippen molar-refractivity contribution < 1.29 is 9.53 Å². The van der Waals surface area contributed by atoms with Crippen LogP contribution in [0, 0.1) is 0 Å². The van der Waals surface area contributed by atoms with Gasteiger partial charge in [-0.3, -0.25) is 0 Å². The maximum atomic E-state index is 12.7. The first-order valence-corrected chi connectivity index (χ1v) is 9.46. The van der Waals surface area contributed by atoms with E-state index in [1.807, 2.05) is 18.2 Å². The van der Waals surface area contributed by atoms with E-state index in [2.05, 4.69) is 28.0 Å². The first kappa shape index (κ1) is 16.9. The summed E-state index contributed by atoms with van der Waals surface area (Å²) in [5, 5.41) is 0. The van der Waals surface area contributed by atoms with Crippen molar-refractivity contribution in [1.82, 2.24) is 9.80 Å². The molecule has 0 aliphatic carbocycles. The third-order valence-electron chi connectivity index (χ3n) is 5.25. The Bertz CT molecular complexity index is 768. The smallest absolute Gasteiger partial charge is 0.343 e. The number of aliphatic imine (C=N–C) groups is 1. The fourth-order valence-electron chi connectivity index (χ4n) is 3.97. The zero-order chi connectivity index (χ0) is 17.9. The Kier molecular flexibility index (Phi) is 4.78. The van der Waals surface area contributed by atoms with Crippen LogP contribution in [0.3, 0.4) is 0 Å². The normalized spacial score (nSPS) is 21.7. The standard InChI is InChI=1S/C21H25N3O2/c1-26-21(25)18-19(23-11-5-6-12-23)17(15-16-9-3-2-4-10-16)22-20(18)24-13-7-8-14-24/h2-4,9-10,15H,5-8,11-14H2,1H3/b17-15-. The number of hydrogen-bond donors (Lipinski definition) is 0. The topological polar surface area (TPSA) is 45.1 Å². The van der Waals surface area contributed by atoms with Gasteiger partial charge < -0.3 is 14.5 Å². The lowest BCUT2D eigenvalue weighted by Crippen LogP contribution is -2.33. The number of nitrogens with zero attached hydrogens (tertiary/aromatic N) is 3. The Morgan fingerprint density at radius 3 is 2.23 bits per heavy atom. The fourth-order valence-corrected chi connectivity index (χ4v) is 3.97.